The van der Waals surface area contributed by atoms with Crippen molar-refractivity contribution < 1.29 is 13.4 Å². The first-order valence-electron chi connectivity index (χ1n) is 9.40. The van der Waals surface area contributed by atoms with E-state index in [1.165, 1.54) is 7.11 Å². The molecule has 2 fully saturated rings. The average molecular weight is 334 g/mol. The smallest absolute Gasteiger partial charge is 0.151 e. The molecule has 23 heavy (non-hydrogen) atoms. The second kappa shape index (κ2) is 5.13. The highest BCUT2D eigenvalue weighted by Gasteiger charge is 2.53. The number of rotatable bonds is 5. The number of aryl methyl sites for hydroxylation is 1. The molecule has 2 N–H and O–H groups in total. The lowest BCUT2D eigenvalue weighted by Crippen LogP contribution is -2.20. The third kappa shape index (κ3) is 2.29. The zero-order valence-electron chi connectivity index (χ0n) is 16.0. The summed E-state index contributed by atoms with van der Waals surface area (Å²) in [6.07, 6.45) is 3.60. The molecular weight excluding hydrogens is 309 g/mol. The molecule has 2 aromatic rings. The second-order valence-electron chi connectivity index (χ2n) is 6.40. The monoisotopic (exact) mass is 334 g/mol. The maximum atomic E-state index is 13.9. The number of nitrogen functional groups attached to an aromatic ring is 1. The number of nitrogens with two attached hydrogens (primary N) is 1. The van der Waals surface area contributed by atoms with Gasteiger partial charge in [-0.25, -0.2) is 0 Å². The van der Waals surface area contributed by atoms with Gasteiger partial charge in [0.1, 0.15) is 7.14 Å². The van der Waals surface area contributed by atoms with E-state index >= 15 is 0 Å². The van der Waals surface area contributed by atoms with Crippen LogP contribution >= 0.6 is 7.14 Å². The minimum absolute atomic E-state index is 0.100. The Morgan fingerprint density at radius 2 is 2.04 bits per heavy atom. The van der Waals surface area contributed by atoms with Crippen LogP contribution in [0.25, 0.3) is 11.3 Å². The fourth-order valence-electron chi connectivity index (χ4n) is 3.32. The largest absolute Gasteiger partial charge is 0.494 e. The van der Waals surface area contributed by atoms with E-state index in [9.17, 15) is 4.57 Å². The molecule has 0 atom stereocenters. The van der Waals surface area contributed by atoms with E-state index in [0.29, 0.717) is 28.1 Å². The summed E-state index contributed by atoms with van der Waals surface area (Å²) in [6, 6.07) is 6.94. The van der Waals surface area contributed by atoms with Crippen molar-refractivity contribution in [3.63, 3.8) is 0 Å². The molecule has 1 aromatic carbocycles. The van der Waals surface area contributed by atoms with Crippen LogP contribution in [0.4, 0.5) is 5.69 Å². The Balaban J connectivity index is 1.91. The molecular formula is C17H22N3O2P. The number of methoxy groups -OCH3 is 1. The fraction of sp³-hybridized carbons (Fsp3) is 0.471. The molecule has 0 amide bonds. The van der Waals surface area contributed by atoms with Crippen LogP contribution in [0.15, 0.2) is 24.3 Å². The van der Waals surface area contributed by atoms with E-state index in [4.69, 9.17) is 14.6 Å². The summed E-state index contributed by atoms with van der Waals surface area (Å²) in [5, 5.41) is 4.33. The van der Waals surface area contributed by atoms with Gasteiger partial charge in [-0.15, -0.1) is 0 Å². The normalized spacial score (nSPS) is 20.7. The van der Waals surface area contributed by atoms with Gasteiger partial charge in [-0.1, -0.05) is 6.07 Å². The van der Waals surface area contributed by atoms with Crippen LogP contribution in [-0.2, 0) is 11.5 Å². The van der Waals surface area contributed by atoms with Gasteiger partial charge >= 0.3 is 0 Å². The van der Waals surface area contributed by atoms with Gasteiger partial charge in [0.25, 0.3) is 0 Å². The predicted molar refractivity (Wildman–Crippen MR) is 92.9 cm³/mol. The molecule has 0 radical (unpaired) electrons. The molecule has 0 saturated heterocycles. The molecule has 5 nitrogen and oxygen atoms in total. The van der Waals surface area contributed by atoms with Crippen LogP contribution in [0.2, 0.25) is 0 Å². The number of benzene rings is 1. The van der Waals surface area contributed by atoms with E-state index in [2.05, 4.69) is 5.10 Å². The van der Waals surface area contributed by atoms with E-state index in [1.807, 2.05) is 0 Å². The molecule has 0 unspecified atom stereocenters. The topological polar surface area (TPSA) is 70.1 Å². The van der Waals surface area contributed by atoms with E-state index < -0.39 is 14.1 Å². The summed E-state index contributed by atoms with van der Waals surface area (Å²) in [7, 11) is -1.28. The number of aromatic nitrogens is 2. The van der Waals surface area contributed by atoms with Crippen molar-refractivity contribution in [1.82, 2.24) is 9.78 Å². The van der Waals surface area contributed by atoms with Gasteiger partial charge in [-0.3, -0.25) is 4.68 Å². The van der Waals surface area contributed by atoms with E-state index in [1.54, 1.807) is 24.3 Å². The predicted octanol–water partition coefficient (Wildman–Crippen LogP) is 2.99. The molecule has 0 bridgehead atoms. The van der Waals surface area contributed by atoms with Gasteiger partial charge in [0, 0.05) is 28.0 Å². The second-order valence-corrected chi connectivity index (χ2v) is 9.74. The summed E-state index contributed by atoms with van der Waals surface area (Å²) in [6.45, 7) is -2.49. The summed E-state index contributed by atoms with van der Waals surface area (Å²) in [5.74, 6) is 0.446. The van der Waals surface area contributed by atoms with Crippen LogP contribution in [0, 0.1) is 0 Å². The number of anilines is 1. The van der Waals surface area contributed by atoms with E-state index in [-0.39, 0.29) is 11.3 Å². The van der Waals surface area contributed by atoms with Crippen LogP contribution in [0.5, 0.6) is 5.75 Å². The van der Waals surface area contributed by atoms with Crippen molar-refractivity contribution in [2.24, 2.45) is 6.98 Å². The quantitative estimate of drug-likeness (QED) is 0.674. The number of para-hydroxylation sites is 1. The van der Waals surface area contributed by atoms with E-state index in [0.717, 1.165) is 30.4 Å². The highest BCUT2D eigenvalue weighted by atomic mass is 31.2. The lowest BCUT2D eigenvalue weighted by Gasteiger charge is -2.17. The molecule has 2 aliphatic carbocycles. The zero-order chi connectivity index (χ0) is 18.7. The molecule has 6 heteroatoms. The van der Waals surface area contributed by atoms with Gasteiger partial charge in [-0.05, 0) is 43.9 Å². The van der Waals surface area contributed by atoms with Crippen molar-refractivity contribution in [2.75, 3.05) is 12.8 Å². The van der Waals surface area contributed by atoms with Crippen molar-refractivity contribution in [1.29, 1.82) is 0 Å². The van der Waals surface area contributed by atoms with Crippen LogP contribution in [0.1, 0.15) is 29.8 Å². The molecule has 0 aliphatic heterocycles. The Hall–Kier alpha value is -1.74. The third-order valence-electron chi connectivity index (χ3n) is 4.75. The first-order valence-corrected chi connectivity index (χ1v) is 9.74. The lowest BCUT2D eigenvalue weighted by atomic mass is 10.1. The molecule has 0 spiro atoms. The maximum absolute atomic E-state index is 13.9. The third-order valence-corrected chi connectivity index (χ3v) is 8.99. The fourth-order valence-corrected chi connectivity index (χ4v) is 7.17. The summed E-state index contributed by atoms with van der Waals surface area (Å²) < 4.78 is 44.0. The molecule has 1 aromatic heterocycles. The minimum Gasteiger partial charge on any atom is -0.494 e. The first kappa shape index (κ1) is 11.7. The number of nitrogens with zero attached hydrogens (tertiary/aromatic N) is 2. The summed E-state index contributed by atoms with van der Waals surface area (Å²) in [5.41, 5.74) is 8.04. The molecule has 122 valence electrons. The van der Waals surface area contributed by atoms with Crippen molar-refractivity contribution in [2.45, 2.75) is 37.0 Å². The summed E-state index contributed by atoms with van der Waals surface area (Å²) >= 11 is 0. The average Bonchev–Trinajstić information content (AvgIpc) is 3.48. The summed E-state index contributed by atoms with van der Waals surface area (Å²) in [4.78, 5) is 0. The molecule has 2 aliphatic rings. The highest BCUT2D eigenvalue weighted by Crippen LogP contribution is 2.69. The van der Waals surface area contributed by atoms with Gasteiger partial charge in [0.05, 0.1) is 23.9 Å². The highest BCUT2D eigenvalue weighted by molar-refractivity contribution is 7.73. The van der Waals surface area contributed by atoms with Gasteiger partial charge in [-0.2, -0.15) is 5.10 Å². The molecule has 4 rings (SSSR count). The van der Waals surface area contributed by atoms with Gasteiger partial charge in [0.15, 0.2) is 5.75 Å². The lowest BCUT2D eigenvalue weighted by molar-refractivity contribution is 0.418. The molecule has 2 saturated carbocycles. The van der Waals surface area contributed by atoms with Crippen LogP contribution in [-0.4, -0.2) is 28.2 Å². The zero-order valence-corrected chi connectivity index (χ0v) is 13.9. The maximum Gasteiger partial charge on any atom is 0.151 e. The van der Waals surface area contributed by atoms with Crippen LogP contribution in [0.3, 0.4) is 0 Å². The van der Waals surface area contributed by atoms with Crippen molar-refractivity contribution >= 4 is 18.3 Å². The first-order chi connectivity index (χ1) is 12.3. The van der Waals surface area contributed by atoms with Crippen LogP contribution < -0.4 is 15.9 Å². The van der Waals surface area contributed by atoms with Crippen molar-refractivity contribution in [3.8, 4) is 17.0 Å². The van der Waals surface area contributed by atoms with Gasteiger partial charge in [0.2, 0.25) is 0 Å². The number of hydrogen-bond donors (Lipinski definition) is 1. The Morgan fingerprint density at radius 3 is 2.61 bits per heavy atom. The van der Waals surface area contributed by atoms with Crippen molar-refractivity contribution in [3.05, 3.63) is 24.3 Å². The Kier molecular flexibility index (Phi) is 2.62. The number of ether oxygens (including phenoxy) is 1. The SMILES string of the molecule is [2H]C([2H])([2H])n1nc(-c2cccc(N)c2OC)cc1P(=O)(C1CC1)C1CC1. The minimum atomic E-state index is -2.79. The Morgan fingerprint density at radius 1 is 1.35 bits per heavy atom. The Bertz CT molecular complexity index is 885. The standard InChI is InChI=1S/C17H22N3O2P/c1-20-16(23(21,11-6-7-11)12-8-9-12)10-15(19-20)13-4-3-5-14(18)17(13)22-2/h3-5,10-12H,6-9,18H2,1-2H3/i1D3. The van der Waals surface area contributed by atoms with Gasteiger partial charge < -0.3 is 15.0 Å². The number of hydrogen-bond acceptors (Lipinski definition) is 4. The molecule has 1 heterocycles. The Labute approximate surface area is 140 Å².